The summed E-state index contributed by atoms with van der Waals surface area (Å²) >= 11 is 0. The molecule has 0 bridgehead atoms. The van der Waals surface area contributed by atoms with Crippen molar-refractivity contribution in [2.75, 3.05) is 6.54 Å². The van der Waals surface area contributed by atoms with Crippen LogP contribution in [0, 0.1) is 0 Å². The molecule has 1 heterocycles. The summed E-state index contributed by atoms with van der Waals surface area (Å²) in [5.41, 5.74) is 11.6. The summed E-state index contributed by atoms with van der Waals surface area (Å²) in [4.78, 5) is 78.4. The van der Waals surface area contributed by atoms with Crippen LogP contribution in [-0.4, -0.2) is 91.6 Å². The number of H-pyrrole nitrogens is 1. The van der Waals surface area contributed by atoms with Crippen molar-refractivity contribution in [2.24, 2.45) is 11.5 Å². The molecule has 0 aliphatic carbocycles. The number of amides is 3. The normalized spacial score (nSPS) is 13.9. The Hall–Kier alpha value is -4.05. The highest BCUT2D eigenvalue weighted by Crippen LogP contribution is 2.07. The van der Waals surface area contributed by atoms with Gasteiger partial charge in [-0.15, -0.1) is 0 Å². The molecule has 4 unspecified atom stereocenters. The number of imidazole rings is 1. The number of aliphatic carboxylic acids is 3. The maximum atomic E-state index is 13.0. The standard InChI is InChI=1S/C22H35N7O9/c23-8-2-1-3-14(20(35)29-16(22(37)38)9-12-10-25-11-26-12)28-21(36)15(5-7-18(32)33)27-19(34)13(24)4-6-17(30)31/h10-11,13-16H,1-9,23-24H2,(H,25,26)(H,27,34)(H,28,36)(H,29,35)(H,30,31)(H,32,33)(H,37,38). The number of carboxylic acid groups (broad SMARTS) is 3. The molecule has 0 aliphatic heterocycles. The minimum absolute atomic E-state index is 0.0862. The van der Waals surface area contributed by atoms with Gasteiger partial charge in [-0.1, -0.05) is 0 Å². The lowest BCUT2D eigenvalue weighted by atomic mass is 10.0. The van der Waals surface area contributed by atoms with Crippen LogP contribution in [0.3, 0.4) is 0 Å². The maximum absolute atomic E-state index is 13.0. The van der Waals surface area contributed by atoms with E-state index in [0.29, 0.717) is 25.1 Å². The largest absolute Gasteiger partial charge is 0.481 e. The third-order valence-corrected chi connectivity index (χ3v) is 5.46. The van der Waals surface area contributed by atoms with E-state index >= 15 is 0 Å². The Morgan fingerprint density at radius 2 is 1.37 bits per heavy atom. The van der Waals surface area contributed by atoms with E-state index in [1.165, 1.54) is 12.5 Å². The summed E-state index contributed by atoms with van der Waals surface area (Å²) in [7, 11) is 0. The van der Waals surface area contributed by atoms with E-state index in [-0.39, 0.29) is 25.7 Å². The molecule has 1 rings (SSSR count). The van der Waals surface area contributed by atoms with Crippen molar-refractivity contribution in [3.05, 3.63) is 18.2 Å². The second-order valence-corrected chi connectivity index (χ2v) is 8.56. The van der Waals surface area contributed by atoms with Crippen molar-refractivity contribution in [1.29, 1.82) is 0 Å². The highest BCUT2D eigenvalue weighted by atomic mass is 16.4. The van der Waals surface area contributed by atoms with Gasteiger partial charge in [0.15, 0.2) is 0 Å². The third kappa shape index (κ3) is 12.3. The Kier molecular flexibility index (Phi) is 14.0. The molecule has 11 N–H and O–H groups in total. The summed E-state index contributed by atoms with van der Waals surface area (Å²) in [5, 5.41) is 34.5. The number of carbonyl (C=O) groups is 6. The summed E-state index contributed by atoms with van der Waals surface area (Å²) in [6.07, 6.45) is 2.20. The highest BCUT2D eigenvalue weighted by Gasteiger charge is 2.30. The van der Waals surface area contributed by atoms with Gasteiger partial charge in [-0.05, 0) is 38.6 Å². The summed E-state index contributed by atoms with van der Waals surface area (Å²) < 4.78 is 0. The zero-order valence-corrected chi connectivity index (χ0v) is 20.7. The molecule has 0 aliphatic rings. The Labute approximate surface area is 217 Å². The second kappa shape index (κ2) is 16.6. The number of hydrogen-bond acceptors (Lipinski definition) is 9. The zero-order valence-electron chi connectivity index (χ0n) is 20.7. The van der Waals surface area contributed by atoms with Crippen LogP contribution in [0.25, 0.3) is 0 Å². The van der Waals surface area contributed by atoms with Crippen LogP contribution in [0.4, 0.5) is 0 Å². The molecule has 16 nitrogen and oxygen atoms in total. The molecule has 0 fully saturated rings. The molecule has 0 saturated heterocycles. The number of nitrogens with two attached hydrogens (primary N) is 2. The average molecular weight is 542 g/mol. The number of aromatic amines is 1. The van der Waals surface area contributed by atoms with Gasteiger partial charge in [0.1, 0.15) is 18.1 Å². The Morgan fingerprint density at radius 3 is 1.89 bits per heavy atom. The first-order valence-corrected chi connectivity index (χ1v) is 11.9. The van der Waals surface area contributed by atoms with Gasteiger partial charge in [0, 0.05) is 31.2 Å². The van der Waals surface area contributed by atoms with E-state index in [1.807, 2.05) is 0 Å². The van der Waals surface area contributed by atoms with Crippen LogP contribution in [0.1, 0.15) is 50.6 Å². The number of carboxylic acids is 3. The molecule has 16 heteroatoms. The fourth-order valence-electron chi connectivity index (χ4n) is 3.35. The number of carbonyl (C=O) groups excluding carboxylic acids is 3. The maximum Gasteiger partial charge on any atom is 0.326 e. The predicted octanol–water partition coefficient (Wildman–Crippen LogP) is -2.32. The smallest absolute Gasteiger partial charge is 0.326 e. The van der Waals surface area contributed by atoms with E-state index in [4.69, 9.17) is 21.7 Å². The zero-order chi connectivity index (χ0) is 28.7. The average Bonchev–Trinajstić information content (AvgIpc) is 3.36. The number of hydrogen-bond donors (Lipinski definition) is 9. The topological polar surface area (TPSA) is 280 Å². The monoisotopic (exact) mass is 541 g/mol. The third-order valence-electron chi connectivity index (χ3n) is 5.46. The molecule has 0 saturated carbocycles. The molecule has 4 atom stereocenters. The van der Waals surface area contributed by atoms with Crippen molar-refractivity contribution in [2.45, 2.75) is 75.5 Å². The van der Waals surface area contributed by atoms with Crippen LogP contribution >= 0.6 is 0 Å². The van der Waals surface area contributed by atoms with Gasteiger partial charge in [0.2, 0.25) is 17.7 Å². The Morgan fingerprint density at radius 1 is 0.816 bits per heavy atom. The lowest BCUT2D eigenvalue weighted by Crippen LogP contribution is -2.57. The summed E-state index contributed by atoms with van der Waals surface area (Å²) in [5.74, 6) is -6.30. The van der Waals surface area contributed by atoms with Crippen molar-refractivity contribution < 1.29 is 44.1 Å². The molecule has 1 aromatic heterocycles. The summed E-state index contributed by atoms with van der Waals surface area (Å²) in [6, 6.07) is -5.23. The molecular weight excluding hydrogens is 506 g/mol. The van der Waals surface area contributed by atoms with Crippen molar-refractivity contribution in [3.63, 3.8) is 0 Å². The quantitative estimate of drug-likeness (QED) is 0.0834. The van der Waals surface area contributed by atoms with Gasteiger partial charge in [-0.2, -0.15) is 0 Å². The van der Waals surface area contributed by atoms with Gasteiger partial charge < -0.3 is 47.7 Å². The van der Waals surface area contributed by atoms with Gasteiger partial charge in [0.05, 0.1) is 12.4 Å². The minimum Gasteiger partial charge on any atom is -0.481 e. The van der Waals surface area contributed by atoms with Crippen molar-refractivity contribution in [3.8, 4) is 0 Å². The van der Waals surface area contributed by atoms with Crippen LogP contribution in [0.5, 0.6) is 0 Å². The van der Waals surface area contributed by atoms with Crippen molar-refractivity contribution in [1.82, 2.24) is 25.9 Å². The first kappa shape index (κ1) is 32.0. The molecule has 1 aromatic rings. The van der Waals surface area contributed by atoms with Gasteiger partial charge in [-0.3, -0.25) is 24.0 Å². The van der Waals surface area contributed by atoms with E-state index in [9.17, 15) is 33.9 Å². The van der Waals surface area contributed by atoms with Gasteiger partial charge in [-0.25, -0.2) is 9.78 Å². The number of unbranched alkanes of at least 4 members (excludes halogenated alkanes) is 1. The lowest BCUT2D eigenvalue weighted by Gasteiger charge is -2.25. The van der Waals surface area contributed by atoms with Gasteiger partial charge in [0.25, 0.3) is 0 Å². The number of aromatic nitrogens is 2. The van der Waals surface area contributed by atoms with Crippen LogP contribution in [0.2, 0.25) is 0 Å². The second-order valence-electron chi connectivity index (χ2n) is 8.56. The van der Waals surface area contributed by atoms with E-state index in [1.54, 1.807) is 0 Å². The molecule has 38 heavy (non-hydrogen) atoms. The fourth-order valence-corrected chi connectivity index (χ4v) is 3.35. The number of nitrogens with one attached hydrogen (secondary N) is 4. The van der Waals surface area contributed by atoms with Crippen molar-refractivity contribution >= 4 is 35.6 Å². The molecule has 0 spiro atoms. The molecular formula is C22H35N7O9. The highest BCUT2D eigenvalue weighted by molar-refractivity contribution is 5.94. The van der Waals surface area contributed by atoms with Crippen LogP contribution in [-0.2, 0) is 35.2 Å². The first-order chi connectivity index (χ1) is 17.9. The summed E-state index contributed by atoms with van der Waals surface area (Å²) in [6.45, 7) is 0.311. The van der Waals surface area contributed by atoms with E-state index < -0.39 is 72.6 Å². The Balaban J connectivity index is 3.00. The van der Waals surface area contributed by atoms with Crippen LogP contribution < -0.4 is 27.4 Å². The molecule has 0 aromatic carbocycles. The molecule has 0 radical (unpaired) electrons. The molecule has 212 valence electrons. The molecule has 3 amide bonds. The first-order valence-electron chi connectivity index (χ1n) is 11.9. The number of rotatable bonds is 19. The minimum atomic E-state index is -1.40. The predicted molar refractivity (Wildman–Crippen MR) is 130 cm³/mol. The lowest BCUT2D eigenvalue weighted by molar-refractivity contribution is -0.142. The van der Waals surface area contributed by atoms with Crippen LogP contribution in [0.15, 0.2) is 12.5 Å². The SMILES string of the molecule is NCCCCC(NC(=O)C(CCC(=O)O)NC(=O)C(N)CCC(=O)O)C(=O)NC(Cc1cnc[nH]1)C(=O)O. The van der Waals surface area contributed by atoms with E-state index in [0.717, 1.165) is 0 Å². The van der Waals surface area contributed by atoms with Gasteiger partial charge >= 0.3 is 17.9 Å². The fraction of sp³-hybridized carbons (Fsp3) is 0.591. The van der Waals surface area contributed by atoms with E-state index in [2.05, 4.69) is 25.9 Å². The number of nitrogens with zero attached hydrogens (tertiary/aromatic N) is 1. The Bertz CT molecular complexity index is 955.